The minimum atomic E-state index is -0.638. The van der Waals surface area contributed by atoms with Gasteiger partial charge in [-0.3, -0.25) is 4.21 Å². The summed E-state index contributed by atoms with van der Waals surface area (Å²) in [7, 11) is 1.39. The molecule has 0 spiro atoms. The van der Waals surface area contributed by atoms with Gasteiger partial charge in [-0.15, -0.1) is 0 Å². The summed E-state index contributed by atoms with van der Waals surface area (Å²) < 4.78 is 12.5. The maximum absolute atomic E-state index is 12.5. The van der Waals surface area contributed by atoms with Crippen LogP contribution >= 0.6 is 0 Å². The lowest BCUT2D eigenvalue weighted by molar-refractivity contribution is 0.249. The van der Waals surface area contributed by atoms with Crippen LogP contribution in [0.1, 0.15) is 59.3 Å². The van der Waals surface area contributed by atoms with Crippen LogP contribution in [-0.2, 0) is 10.8 Å². The molecule has 3 heteroatoms. The van der Waals surface area contributed by atoms with Crippen molar-refractivity contribution in [2.24, 2.45) is 11.8 Å². The van der Waals surface area contributed by atoms with E-state index in [1.807, 2.05) is 7.05 Å². The summed E-state index contributed by atoms with van der Waals surface area (Å²) in [5.41, 5.74) is 0. The molecule has 0 aliphatic heterocycles. The Morgan fingerprint density at radius 3 is 2.56 bits per heavy atom. The SMILES string of the molecule is CCCCCS(=O)C1CC(C(C)C)CCC1NC. The van der Waals surface area contributed by atoms with Gasteiger partial charge in [-0.1, -0.05) is 33.6 Å². The minimum absolute atomic E-state index is 0.382. The minimum Gasteiger partial charge on any atom is -0.316 e. The number of hydrogen-bond donors (Lipinski definition) is 1. The Morgan fingerprint density at radius 1 is 1.28 bits per heavy atom. The first-order valence-electron chi connectivity index (χ1n) is 7.64. The molecule has 0 aromatic rings. The molecule has 18 heavy (non-hydrogen) atoms. The summed E-state index contributed by atoms with van der Waals surface area (Å²) in [5, 5.41) is 3.77. The van der Waals surface area contributed by atoms with Crippen LogP contribution in [0.4, 0.5) is 0 Å². The molecule has 4 unspecified atom stereocenters. The molecule has 0 aromatic carbocycles. The van der Waals surface area contributed by atoms with Gasteiger partial charge in [-0.05, 0) is 44.6 Å². The first kappa shape index (κ1) is 16.2. The number of unbranched alkanes of at least 4 members (excludes halogenated alkanes) is 2. The van der Waals surface area contributed by atoms with Gasteiger partial charge in [0.05, 0.1) is 5.25 Å². The Hall–Kier alpha value is 0.110. The Bertz CT molecular complexity index is 255. The lowest BCUT2D eigenvalue weighted by Crippen LogP contribution is -2.46. The van der Waals surface area contributed by atoms with Crippen molar-refractivity contribution in [1.82, 2.24) is 5.32 Å². The standard InChI is InChI=1S/C15H31NOS/c1-5-6-7-10-18(17)15-11-13(12(2)3)8-9-14(15)16-4/h12-16H,5-11H2,1-4H3. The van der Waals surface area contributed by atoms with Gasteiger partial charge in [0.15, 0.2) is 0 Å². The van der Waals surface area contributed by atoms with E-state index < -0.39 is 10.8 Å². The summed E-state index contributed by atoms with van der Waals surface area (Å²) >= 11 is 0. The van der Waals surface area contributed by atoms with E-state index in [2.05, 4.69) is 26.1 Å². The molecular weight excluding hydrogens is 242 g/mol. The summed E-state index contributed by atoms with van der Waals surface area (Å²) in [6.45, 7) is 6.82. The summed E-state index contributed by atoms with van der Waals surface area (Å²) in [6, 6.07) is 0.474. The maximum atomic E-state index is 12.5. The zero-order valence-corrected chi connectivity index (χ0v) is 13.4. The van der Waals surface area contributed by atoms with E-state index in [4.69, 9.17) is 0 Å². The third kappa shape index (κ3) is 4.65. The summed E-state index contributed by atoms with van der Waals surface area (Å²) in [5.74, 6) is 2.41. The van der Waals surface area contributed by atoms with Crippen molar-refractivity contribution in [3.8, 4) is 0 Å². The van der Waals surface area contributed by atoms with Crippen LogP contribution in [-0.4, -0.2) is 28.3 Å². The molecule has 1 saturated carbocycles. The Balaban J connectivity index is 2.53. The van der Waals surface area contributed by atoms with Crippen LogP contribution in [0.5, 0.6) is 0 Å². The van der Waals surface area contributed by atoms with Crippen LogP contribution in [0.2, 0.25) is 0 Å². The summed E-state index contributed by atoms with van der Waals surface area (Å²) in [6.07, 6.45) is 7.21. The molecule has 108 valence electrons. The van der Waals surface area contributed by atoms with Gasteiger partial charge in [0, 0.05) is 22.6 Å². The quantitative estimate of drug-likeness (QED) is 0.721. The average molecular weight is 273 g/mol. The molecule has 4 atom stereocenters. The molecule has 0 amide bonds. The van der Waals surface area contributed by atoms with Crippen molar-refractivity contribution in [2.45, 2.75) is 70.6 Å². The van der Waals surface area contributed by atoms with E-state index in [9.17, 15) is 4.21 Å². The largest absolute Gasteiger partial charge is 0.316 e. The monoisotopic (exact) mass is 273 g/mol. The molecule has 1 aliphatic rings. The van der Waals surface area contributed by atoms with E-state index >= 15 is 0 Å². The second-order valence-electron chi connectivity index (χ2n) is 6.04. The van der Waals surface area contributed by atoms with Crippen molar-refractivity contribution >= 4 is 10.8 Å². The topological polar surface area (TPSA) is 29.1 Å². The van der Waals surface area contributed by atoms with Crippen molar-refractivity contribution in [1.29, 1.82) is 0 Å². The van der Waals surface area contributed by atoms with Gasteiger partial charge >= 0.3 is 0 Å². The van der Waals surface area contributed by atoms with Crippen LogP contribution in [0.25, 0.3) is 0 Å². The van der Waals surface area contributed by atoms with Gasteiger partial charge in [0.1, 0.15) is 0 Å². The molecule has 1 fully saturated rings. The smallest absolute Gasteiger partial charge is 0.0503 e. The van der Waals surface area contributed by atoms with E-state index in [1.54, 1.807) is 0 Å². The highest BCUT2D eigenvalue weighted by Gasteiger charge is 2.34. The lowest BCUT2D eigenvalue weighted by atomic mass is 9.79. The number of hydrogen-bond acceptors (Lipinski definition) is 2. The third-order valence-corrected chi connectivity index (χ3v) is 6.32. The van der Waals surface area contributed by atoms with E-state index in [0.29, 0.717) is 11.3 Å². The van der Waals surface area contributed by atoms with Gasteiger partial charge in [-0.25, -0.2) is 0 Å². The first-order valence-corrected chi connectivity index (χ1v) is 9.02. The fraction of sp³-hybridized carbons (Fsp3) is 1.00. The van der Waals surface area contributed by atoms with E-state index in [0.717, 1.165) is 30.4 Å². The van der Waals surface area contributed by atoms with Gasteiger partial charge in [0.2, 0.25) is 0 Å². The molecule has 0 saturated heterocycles. The molecule has 0 aromatic heterocycles. The van der Waals surface area contributed by atoms with Gasteiger partial charge < -0.3 is 5.32 Å². The normalized spacial score (nSPS) is 30.6. The molecule has 1 N–H and O–H groups in total. The molecule has 2 nitrogen and oxygen atoms in total. The second-order valence-corrected chi connectivity index (χ2v) is 7.82. The average Bonchev–Trinajstić information content (AvgIpc) is 2.38. The second kappa shape index (κ2) is 8.31. The molecule has 0 heterocycles. The van der Waals surface area contributed by atoms with E-state index in [1.165, 1.54) is 25.7 Å². The van der Waals surface area contributed by atoms with Crippen LogP contribution < -0.4 is 5.32 Å². The van der Waals surface area contributed by atoms with Crippen molar-refractivity contribution in [2.75, 3.05) is 12.8 Å². The highest BCUT2D eigenvalue weighted by molar-refractivity contribution is 7.85. The number of rotatable bonds is 7. The fourth-order valence-corrected chi connectivity index (χ4v) is 4.92. The van der Waals surface area contributed by atoms with Crippen LogP contribution in [0.3, 0.4) is 0 Å². The molecule has 0 bridgehead atoms. The maximum Gasteiger partial charge on any atom is 0.0503 e. The van der Waals surface area contributed by atoms with Crippen LogP contribution in [0.15, 0.2) is 0 Å². The Kier molecular flexibility index (Phi) is 7.47. The Labute approximate surface area is 116 Å². The first-order chi connectivity index (χ1) is 8.60. The van der Waals surface area contributed by atoms with Crippen molar-refractivity contribution in [3.63, 3.8) is 0 Å². The van der Waals surface area contributed by atoms with Crippen molar-refractivity contribution in [3.05, 3.63) is 0 Å². The molecule has 0 radical (unpaired) electrons. The predicted octanol–water partition coefficient (Wildman–Crippen LogP) is 3.34. The highest BCUT2D eigenvalue weighted by atomic mass is 32.2. The number of nitrogens with one attached hydrogen (secondary N) is 1. The third-order valence-electron chi connectivity index (χ3n) is 4.43. The highest BCUT2D eigenvalue weighted by Crippen LogP contribution is 2.32. The molecule has 1 aliphatic carbocycles. The predicted molar refractivity (Wildman–Crippen MR) is 81.3 cm³/mol. The lowest BCUT2D eigenvalue weighted by Gasteiger charge is -2.37. The molecular formula is C15H31NOS. The van der Waals surface area contributed by atoms with E-state index in [-0.39, 0.29) is 0 Å². The zero-order chi connectivity index (χ0) is 13.5. The molecule has 1 rings (SSSR count). The van der Waals surface area contributed by atoms with Crippen LogP contribution in [0, 0.1) is 11.8 Å². The zero-order valence-electron chi connectivity index (χ0n) is 12.6. The van der Waals surface area contributed by atoms with Gasteiger partial charge in [0.25, 0.3) is 0 Å². The van der Waals surface area contributed by atoms with Gasteiger partial charge in [-0.2, -0.15) is 0 Å². The fourth-order valence-electron chi connectivity index (χ4n) is 3.03. The summed E-state index contributed by atoms with van der Waals surface area (Å²) in [4.78, 5) is 0. The Morgan fingerprint density at radius 2 is 2.00 bits per heavy atom. The van der Waals surface area contributed by atoms with Crippen molar-refractivity contribution < 1.29 is 4.21 Å².